The Labute approximate surface area is 189 Å². The van der Waals surface area contributed by atoms with E-state index in [4.69, 9.17) is 15.9 Å². The number of carbonyl (C=O) groups excluding carboxylic acids is 1. The fourth-order valence-electron chi connectivity index (χ4n) is 4.74. The summed E-state index contributed by atoms with van der Waals surface area (Å²) >= 11 is 0. The lowest BCUT2D eigenvalue weighted by atomic mass is 9.80. The van der Waals surface area contributed by atoms with E-state index in [9.17, 15) is 9.90 Å². The van der Waals surface area contributed by atoms with Crippen LogP contribution in [0.15, 0.2) is 54.3 Å². The second kappa shape index (κ2) is 10.0. The van der Waals surface area contributed by atoms with Crippen molar-refractivity contribution in [1.29, 1.82) is 0 Å². The third-order valence-corrected chi connectivity index (χ3v) is 6.19. The van der Waals surface area contributed by atoms with E-state index in [-0.39, 0.29) is 36.7 Å². The molecular weight excluding hydrogens is 402 g/mol. The van der Waals surface area contributed by atoms with E-state index in [1.807, 2.05) is 13.0 Å². The number of nitrogens with one attached hydrogen (secondary N) is 1. The summed E-state index contributed by atoms with van der Waals surface area (Å²) in [5.41, 5.74) is 6.29. The molecular formula is C27H29NO4. The van der Waals surface area contributed by atoms with Crippen LogP contribution in [0.1, 0.15) is 42.4 Å². The Morgan fingerprint density at radius 2 is 2.06 bits per heavy atom. The number of aliphatic hydroxyl groups is 1. The first-order valence-corrected chi connectivity index (χ1v) is 11.2. The van der Waals surface area contributed by atoms with Crippen LogP contribution in [0.25, 0.3) is 11.1 Å². The summed E-state index contributed by atoms with van der Waals surface area (Å²) < 4.78 is 11.9. The molecule has 0 radical (unpaired) electrons. The SMILES string of the molecule is C#CCNC(=O)C1=C[C@@H](c2ccc3c(c2)Cc2ccccc2-3)[C@@H](CCCO)[C@@H](OCC)O1. The van der Waals surface area contributed by atoms with E-state index >= 15 is 0 Å². The first-order valence-electron chi connectivity index (χ1n) is 11.2. The number of fused-ring (bicyclic) bond motifs is 3. The Morgan fingerprint density at radius 1 is 1.25 bits per heavy atom. The van der Waals surface area contributed by atoms with Crippen molar-refractivity contribution in [1.82, 2.24) is 5.32 Å². The zero-order chi connectivity index (χ0) is 22.5. The molecule has 3 atom stereocenters. The monoisotopic (exact) mass is 431 g/mol. The van der Waals surface area contributed by atoms with Crippen LogP contribution in [0, 0.1) is 18.3 Å². The van der Waals surface area contributed by atoms with Crippen LogP contribution in [0.3, 0.4) is 0 Å². The normalized spacial score (nSPS) is 21.0. The first kappa shape index (κ1) is 22.1. The molecule has 2 aromatic rings. The predicted octanol–water partition coefficient (Wildman–Crippen LogP) is 3.76. The average molecular weight is 432 g/mol. The number of terminal acetylenes is 1. The van der Waals surface area contributed by atoms with Gasteiger partial charge in [-0.3, -0.25) is 4.79 Å². The van der Waals surface area contributed by atoms with Crippen molar-refractivity contribution in [2.45, 2.75) is 38.4 Å². The number of rotatable bonds is 8. The molecule has 166 valence electrons. The Morgan fingerprint density at radius 3 is 2.84 bits per heavy atom. The average Bonchev–Trinajstić information content (AvgIpc) is 3.19. The molecule has 0 unspecified atom stereocenters. The number of amides is 1. The molecule has 2 N–H and O–H groups in total. The third kappa shape index (κ3) is 4.43. The molecule has 32 heavy (non-hydrogen) atoms. The Hall–Kier alpha value is -3.07. The van der Waals surface area contributed by atoms with Crippen LogP contribution in [-0.2, 0) is 20.7 Å². The molecule has 0 aromatic heterocycles. The Bertz CT molecular complexity index is 1050. The maximum Gasteiger partial charge on any atom is 0.286 e. The highest BCUT2D eigenvalue weighted by Gasteiger charge is 2.38. The van der Waals surface area contributed by atoms with E-state index in [0.29, 0.717) is 13.0 Å². The van der Waals surface area contributed by atoms with Crippen molar-refractivity contribution in [2.24, 2.45) is 5.92 Å². The number of hydrogen-bond acceptors (Lipinski definition) is 4. The summed E-state index contributed by atoms with van der Waals surface area (Å²) in [6, 6.07) is 15.0. The van der Waals surface area contributed by atoms with Gasteiger partial charge in [0.1, 0.15) is 0 Å². The molecule has 0 saturated heterocycles. The third-order valence-electron chi connectivity index (χ3n) is 6.19. The van der Waals surface area contributed by atoms with Crippen LogP contribution in [-0.4, -0.2) is 37.1 Å². The molecule has 5 heteroatoms. The van der Waals surface area contributed by atoms with Crippen LogP contribution < -0.4 is 5.32 Å². The minimum absolute atomic E-state index is 0.0203. The van der Waals surface area contributed by atoms with Crippen LogP contribution in [0.2, 0.25) is 0 Å². The largest absolute Gasteiger partial charge is 0.459 e. The van der Waals surface area contributed by atoms with Gasteiger partial charge in [0.05, 0.1) is 6.54 Å². The van der Waals surface area contributed by atoms with E-state index in [2.05, 4.69) is 53.7 Å². The van der Waals surface area contributed by atoms with Gasteiger partial charge >= 0.3 is 0 Å². The first-order chi connectivity index (χ1) is 15.7. The second-order valence-corrected chi connectivity index (χ2v) is 8.17. The van der Waals surface area contributed by atoms with Gasteiger partial charge in [-0.05, 0) is 60.1 Å². The summed E-state index contributed by atoms with van der Waals surface area (Å²) in [5.74, 6) is 2.21. The van der Waals surface area contributed by atoms with Gasteiger partial charge < -0.3 is 19.9 Å². The summed E-state index contributed by atoms with van der Waals surface area (Å²) in [5, 5.41) is 12.1. The van der Waals surface area contributed by atoms with Gasteiger partial charge in [0.2, 0.25) is 6.29 Å². The van der Waals surface area contributed by atoms with Crippen molar-refractivity contribution in [3.8, 4) is 23.5 Å². The van der Waals surface area contributed by atoms with Gasteiger partial charge in [0, 0.05) is 25.0 Å². The van der Waals surface area contributed by atoms with Gasteiger partial charge in [-0.25, -0.2) is 0 Å². The van der Waals surface area contributed by atoms with Crippen molar-refractivity contribution in [2.75, 3.05) is 19.8 Å². The van der Waals surface area contributed by atoms with E-state index in [0.717, 1.165) is 18.4 Å². The van der Waals surface area contributed by atoms with Crippen molar-refractivity contribution < 1.29 is 19.4 Å². The molecule has 5 nitrogen and oxygen atoms in total. The molecule has 0 saturated carbocycles. The lowest BCUT2D eigenvalue weighted by Gasteiger charge is -2.37. The van der Waals surface area contributed by atoms with Crippen LogP contribution >= 0.6 is 0 Å². The number of hydrogen-bond donors (Lipinski definition) is 2. The minimum Gasteiger partial charge on any atom is -0.459 e. The van der Waals surface area contributed by atoms with Gasteiger partial charge in [0.15, 0.2) is 5.76 Å². The number of allylic oxidation sites excluding steroid dienone is 1. The predicted molar refractivity (Wildman–Crippen MR) is 124 cm³/mol. The van der Waals surface area contributed by atoms with Crippen molar-refractivity contribution in [3.05, 3.63) is 71.0 Å². The molecule has 1 heterocycles. The lowest BCUT2D eigenvalue weighted by molar-refractivity contribution is -0.166. The standard InChI is InChI=1S/C27H29NO4/c1-3-13-28-26(30)25-17-24(23(10-7-14-29)27(32-25)31-4-2)19-11-12-22-20(16-19)15-18-8-5-6-9-21(18)22/h1,5-6,8-9,11-12,16-17,23-24,27,29H,4,7,10,13-15H2,2H3,(H,28,30)/t23-,24+,27+/m1/s1. The Balaban J connectivity index is 1.71. The molecule has 0 fully saturated rings. The summed E-state index contributed by atoms with van der Waals surface area (Å²) in [6.45, 7) is 2.60. The lowest BCUT2D eigenvalue weighted by Crippen LogP contribution is -2.39. The molecule has 4 rings (SSSR count). The fraction of sp³-hybridized carbons (Fsp3) is 0.370. The minimum atomic E-state index is -0.571. The summed E-state index contributed by atoms with van der Waals surface area (Å²) in [7, 11) is 0. The fourth-order valence-corrected chi connectivity index (χ4v) is 4.74. The maximum atomic E-state index is 12.6. The number of ether oxygens (including phenoxy) is 2. The van der Waals surface area contributed by atoms with Crippen LogP contribution in [0.4, 0.5) is 0 Å². The van der Waals surface area contributed by atoms with Crippen molar-refractivity contribution in [3.63, 3.8) is 0 Å². The van der Waals surface area contributed by atoms with Gasteiger partial charge in [-0.1, -0.05) is 48.4 Å². The van der Waals surface area contributed by atoms with Gasteiger partial charge in [-0.15, -0.1) is 6.42 Å². The zero-order valence-electron chi connectivity index (χ0n) is 18.3. The summed E-state index contributed by atoms with van der Waals surface area (Å²) in [4.78, 5) is 12.6. The highest BCUT2D eigenvalue weighted by atomic mass is 16.7. The molecule has 2 aliphatic rings. The molecule has 0 bridgehead atoms. The molecule has 1 aliphatic carbocycles. The van der Waals surface area contributed by atoms with Crippen LogP contribution in [0.5, 0.6) is 0 Å². The smallest absolute Gasteiger partial charge is 0.286 e. The molecule has 1 amide bonds. The Kier molecular flexibility index (Phi) is 6.94. The van der Waals surface area contributed by atoms with E-state index in [1.54, 1.807) is 0 Å². The topological polar surface area (TPSA) is 67.8 Å². The van der Waals surface area contributed by atoms with E-state index < -0.39 is 6.29 Å². The quantitative estimate of drug-likeness (QED) is 0.533. The zero-order valence-corrected chi connectivity index (χ0v) is 18.3. The molecule has 2 aromatic carbocycles. The van der Waals surface area contributed by atoms with Gasteiger partial charge in [0.25, 0.3) is 5.91 Å². The maximum absolute atomic E-state index is 12.6. The second-order valence-electron chi connectivity index (χ2n) is 8.17. The highest BCUT2D eigenvalue weighted by molar-refractivity contribution is 5.92. The van der Waals surface area contributed by atoms with E-state index in [1.165, 1.54) is 22.3 Å². The number of aliphatic hydroxyl groups excluding tert-OH is 1. The highest BCUT2D eigenvalue weighted by Crippen LogP contribution is 2.43. The van der Waals surface area contributed by atoms with Gasteiger partial charge in [-0.2, -0.15) is 0 Å². The van der Waals surface area contributed by atoms with Crippen molar-refractivity contribution >= 4 is 5.91 Å². The number of carbonyl (C=O) groups is 1. The molecule has 1 aliphatic heterocycles. The number of benzene rings is 2. The summed E-state index contributed by atoms with van der Waals surface area (Å²) in [6.07, 6.45) is 8.86. The molecule has 0 spiro atoms.